The van der Waals surface area contributed by atoms with Gasteiger partial charge in [-0.2, -0.15) is 0 Å². The molecule has 0 bridgehead atoms. The zero-order valence-electron chi connectivity index (χ0n) is 9.99. The van der Waals surface area contributed by atoms with Crippen molar-refractivity contribution >= 4 is 21.7 Å². The molecule has 1 aromatic heterocycles. The van der Waals surface area contributed by atoms with E-state index in [4.69, 9.17) is 5.73 Å². The summed E-state index contributed by atoms with van der Waals surface area (Å²) in [5, 5.41) is 10.1. The minimum atomic E-state index is -0.681. The Labute approximate surface area is 110 Å². The maximum absolute atomic E-state index is 10.1. The quantitative estimate of drug-likeness (QED) is 0.867. The molecule has 0 unspecified atom stereocenters. The molecule has 5 heteroatoms. The minimum absolute atomic E-state index is 0.341. The van der Waals surface area contributed by atoms with Gasteiger partial charge >= 0.3 is 0 Å². The van der Waals surface area contributed by atoms with Crippen molar-refractivity contribution in [2.75, 3.05) is 24.5 Å². The summed E-state index contributed by atoms with van der Waals surface area (Å²) >= 11 is 3.41. The zero-order chi connectivity index (χ0) is 12.5. The van der Waals surface area contributed by atoms with Crippen molar-refractivity contribution in [1.29, 1.82) is 0 Å². The first-order chi connectivity index (χ1) is 8.04. The maximum atomic E-state index is 10.1. The lowest BCUT2D eigenvalue weighted by molar-refractivity contribution is 0.0248. The van der Waals surface area contributed by atoms with Crippen molar-refractivity contribution in [3.8, 4) is 0 Å². The van der Waals surface area contributed by atoms with Crippen LogP contribution in [0.2, 0.25) is 0 Å². The van der Waals surface area contributed by atoms with Gasteiger partial charge in [-0.15, -0.1) is 0 Å². The van der Waals surface area contributed by atoms with Gasteiger partial charge in [0, 0.05) is 30.3 Å². The van der Waals surface area contributed by atoms with Gasteiger partial charge in [0.1, 0.15) is 5.82 Å². The molecule has 0 radical (unpaired) electrons. The van der Waals surface area contributed by atoms with Gasteiger partial charge in [-0.3, -0.25) is 0 Å². The molecule has 3 N–H and O–H groups in total. The number of aliphatic hydroxyl groups is 1. The summed E-state index contributed by atoms with van der Waals surface area (Å²) < 4.78 is 0.995. The van der Waals surface area contributed by atoms with Gasteiger partial charge in [-0.25, -0.2) is 4.98 Å². The number of nitrogens with zero attached hydrogens (tertiary/aromatic N) is 2. The van der Waals surface area contributed by atoms with E-state index in [9.17, 15) is 5.11 Å². The highest BCUT2D eigenvalue weighted by Crippen LogP contribution is 2.27. The number of halogens is 1. The highest BCUT2D eigenvalue weighted by atomic mass is 79.9. The van der Waals surface area contributed by atoms with E-state index in [0.717, 1.165) is 28.9 Å². The molecule has 1 saturated heterocycles. The molecule has 0 aromatic carbocycles. The fourth-order valence-corrected chi connectivity index (χ4v) is 2.65. The molecule has 1 aromatic rings. The fourth-order valence-electron chi connectivity index (χ4n) is 2.20. The van der Waals surface area contributed by atoms with Crippen LogP contribution in [0.25, 0.3) is 0 Å². The number of aryl methyl sites for hydroxylation is 1. The van der Waals surface area contributed by atoms with Crippen molar-refractivity contribution in [3.63, 3.8) is 0 Å². The molecule has 0 saturated carbocycles. The van der Waals surface area contributed by atoms with Crippen molar-refractivity contribution in [2.45, 2.75) is 25.4 Å². The first-order valence-corrected chi connectivity index (χ1v) is 6.63. The number of nitrogens with two attached hydrogens (primary N) is 1. The Balaban J connectivity index is 2.10. The molecule has 1 fully saturated rings. The van der Waals surface area contributed by atoms with E-state index in [1.165, 1.54) is 0 Å². The molecule has 1 aliphatic heterocycles. The van der Waals surface area contributed by atoms with Crippen LogP contribution in [0.5, 0.6) is 0 Å². The number of anilines is 1. The van der Waals surface area contributed by atoms with Crippen LogP contribution in [0.1, 0.15) is 18.4 Å². The Morgan fingerprint density at radius 1 is 1.53 bits per heavy atom. The Bertz CT molecular complexity index is 403. The second-order valence-electron chi connectivity index (χ2n) is 4.71. The number of hydrogen-bond donors (Lipinski definition) is 2. The van der Waals surface area contributed by atoms with Gasteiger partial charge < -0.3 is 15.7 Å². The van der Waals surface area contributed by atoms with Gasteiger partial charge in [-0.1, -0.05) is 0 Å². The predicted octanol–water partition coefficient (Wildman–Crippen LogP) is 1.44. The Morgan fingerprint density at radius 2 is 2.18 bits per heavy atom. The van der Waals surface area contributed by atoms with Crippen molar-refractivity contribution in [2.24, 2.45) is 5.73 Å². The van der Waals surface area contributed by atoms with Crippen molar-refractivity contribution in [1.82, 2.24) is 4.98 Å². The molecule has 0 amide bonds. The SMILES string of the molecule is Cc1cc(Br)cnc1N1CCC(O)(CN)CC1. The average molecular weight is 300 g/mol. The van der Waals surface area contributed by atoms with Crippen LogP contribution >= 0.6 is 15.9 Å². The number of rotatable bonds is 2. The third kappa shape index (κ3) is 2.78. The van der Waals surface area contributed by atoms with E-state index in [-0.39, 0.29) is 0 Å². The second kappa shape index (κ2) is 4.92. The largest absolute Gasteiger partial charge is 0.388 e. The summed E-state index contributed by atoms with van der Waals surface area (Å²) in [5.74, 6) is 1.01. The summed E-state index contributed by atoms with van der Waals surface area (Å²) in [4.78, 5) is 6.66. The lowest BCUT2D eigenvalue weighted by Gasteiger charge is -2.38. The van der Waals surface area contributed by atoms with Crippen LogP contribution in [0.4, 0.5) is 5.82 Å². The molecule has 0 atom stereocenters. The topological polar surface area (TPSA) is 62.4 Å². The molecule has 4 nitrogen and oxygen atoms in total. The number of pyridine rings is 1. The van der Waals surface area contributed by atoms with Crippen molar-refractivity contribution < 1.29 is 5.11 Å². The minimum Gasteiger partial charge on any atom is -0.388 e. The van der Waals surface area contributed by atoms with Crippen LogP contribution in [0.15, 0.2) is 16.7 Å². The molecular formula is C12H18BrN3O. The summed E-state index contributed by atoms with van der Waals surface area (Å²) in [6.45, 7) is 4.01. The van der Waals surface area contributed by atoms with Crippen LogP contribution in [0.3, 0.4) is 0 Å². The molecule has 0 spiro atoms. The molecule has 1 aliphatic rings. The molecule has 2 rings (SSSR count). The smallest absolute Gasteiger partial charge is 0.131 e. The van der Waals surface area contributed by atoms with E-state index in [2.05, 4.69) is 38.8 Å². The Kier molecular flexibility index (Phi) is 3.70. The van der Waals surface area contributed by atoms with Gasteiger partial charge in [0.25, 0.3) is 0 Å². The summed E-state index contributed by atoms with van der Waals surface area (Å²) in [6, 6.07) is 2.06. The monoisotopic (exact) mass is 299 g/mol. The van der Waals surface area contributed by atoms with Crippen molar-refractivity contribution in [3.05, 3.63) is 22.3 Å². The molecule has 17 heavy (non-hydrogen) atoms. The van der Waals surface area contributed by atoms with Crippen LogP contribution in [0, 0.1) is 6.92 Å². The van der Waals surface area contributed by atoms with Gasteiger partial charge in [0.2, 0.25) is 0 Å². The molecule has 2 heterocycles. The lowest BCUT2D eigenvalue weighted by atomic mass is 9.91. The van der Waals surface area contributed by atoms with E-state index < -0.39 is 5.60 Å². The highest BCUT2D eigenvalue weighted by Gasteiger charge is 2.31. The van der Waals surface area contributed by atoms with Gasteiger partial charge in [0.15, 0.2) is 0 Å². The standard InChI is InChI=1S/C12H18BrN3O/c1-9-6-10(13)7-15-11(9)16-4-2-12(17,8-14)3-5-16/h6-7,17H,2-5,8,14H2,1H3. The second-order valence-corrected chi connectivity index (χ2v) is 5.63. The fraction of sp³-hybridized carbons (Fsp3) is 0.583. The lowest BCUT2D eigenvalue weighted by Crippen LogP contribution is -2.49. The first kappa shape index (κ1) is 12.8. The molecule has 0 aliphatic carbocycles. The Hall–Kier alpha value is -0.650. The van der Waals surface area contributed by atoms with Gasteiger partial charge in [0.05, 0.1) is 5.60 Å². The predicted molar refractivity (Wildman–Crippen MR) is 72.1 cm³/mol. The van der Waals surface area contributed by atoms with Gasteiger partial charge in [-0.05, 0) is 47.3 Å². The third-order valence-corrected chi connectivity index (χ3v) is 3.82. The third-order valence-electron chi connectivity index (χ3n) is 3.39. The van der Waals surface area contributed by atoms with E-state index in [1.54, 1.807) is 0 Å². The summed E-state index contributed by atoms with van der Waals surface area (Å²) in [7, 11) is 0. The van der Waals surface area contributed by atoms with E-state index >= 15 is 0 Å². The normalized spacial score (nSPS) is 19.4. The number of aromatic nitrogens is 1. The number of piperidine rings is 1. The maximum Gasteiger partial charge on any atom is 0.131 e. The van der Waals surface area contributed by atoms with E-state index in [1.807, 2.05) is 6.20 Å². The number of hydrogen-bond acceptors (Lipinski definition) is 4. The van der Waals surface area contributed by atoms with Crippen LogP contribution in [-0.2, 0) is 0 Å². The van der Waals surface area contributed by atoms with Crippen LogP contribution < -0.4 is 10.6 Å². The zero-order valence-corrected chi connectivity index (χ0v) is 11.6. The first-order valence-electron chi connectivity index (χ1n) is 5.84. The van der Waals surface area contributed by atoms with E-state index in [0.29, 0.717) is 19.4 Å². The Morgan fingerprint density at radius 3 is 2.71 bits per heavy atom. The summed E-state index contributed by atoms with van der Waals surface area (Å²) in [6.07, 6.45) is 3.23. The molecular weight excluding hydrogens is 282 g/mol. The van der Waals surface area contributed by atoms with Crippen LogP contribution in [-0.4, -0.2) is 35.3 Å². The molecule has 94 valence electrons. The highest BCUT2D eigenvalue weighted by molar-refractivity contribution is 9.10. The summed E-state index contributed by atoms with van der Waals surface area (Å²) in [5.41, 5.74) is 6.05. The average Bonchev–Trinajstić information content (AvgIpc) is 2.31.